The summed E-state index contributed by atoms with van der Waals surface area (Å²) in [7, 11) is 0. The van der Waals surface area contributed by atoms with Crippen LogP contribution in [0.3, 0.4) is 0 Å². The number of hydrogen-bond donors (Lipinski definition) is 2. The Morgan fingerprint density at radius 3 is 2.24 bits per heavy atom. The maximum atomic E-state index is 10.1. The van der Waals surface area contributed by atoms with Crippen LogP contribution in [0.4, 0.5) is 0 Å². The summed E-state index contributed by atoms with van der Waals surface area (Å²) in [6.45, 7) is 8.58. The monoisotopic (exact) mass is 290 g/mol. The SMILES string of the molecule is CCCc1cc(O)c(CCC(C)CCC=C(C)C)c(O)c1. The summed E-state index contributed by atoms with van der Waals surface area (Å²) in [5, 5.41) is 20.2. The van der Waals surface area contributed by atoms with Crippen molar-refractivity contribution < 1.29 is 10.2 Å². The minimum atomic E-state index is 0.245. The van der Waals surface area contributed by atoms with Gasteiger partial charge in [-0.25, -0.2) is 0 Å². The molecule has 0 aliphatic rings. The second-order valence-corrected chi connectivity index (χ2v) is 6.37. The van der Waals surface area contributed by atoms with Crippen molar-refractivity contribution in [1.29, 1.82) is 0 Å². The lowest BCUT2D eigenvalue weighted by molar-refractivity contribution is 0.425. The molecule has 1 aromatic rings. The van der Waals surface area contributed by atoms with Crippen LogP contribution in [0.5, 0.6) is 11.5 Å². The molecule has 0 radical (unpaired) electrons. The van der Waals surface area contributed by atoms with Gasteiger partial charge in [0.1, 0.15) is 11.5 Å². The van der Waals surface area contributed by atoms with Crippen LogP contribution in [0.2, 0.25) is 0 Å². The lowest BCUT2D eigenvalue weighted by atomic mass is 9.94. The number of aryl methyl sites for hydroxylation is 1. The van der Waals surface area contributed by atoms with Crippen molar-refractivity contribution in [3.05, 3.63) is 34.9 Å². The predicted molar refractivity (Wildman–Crippen MR) is 89.9 cm³/mol. The quantitative estimate of drug-likeness (QED) is 0.632. The second kappa shape index (κ2) is 8.76. The van der Waals surface area contributed by atoms with E-state index in [1.807, 2.05) is 0 Å². The fourth-order valence-electron chi connectivity index (χ4n) is 2.58. The van der Waals surface area contributed by atoms with Crippen LogP contribution in [0.1, 0.15) is 64.5 Å². The van der Waals surface area contributed by atoms with Gasteiger partial charge in [-0.2, -0.15) is 0 Å². The van der Waals surface area contributed by atoms with Crippen molar-refractivity contribution in [3.63, 3.8) is 0 Å². The van der Waals surface area contributed by atoms with Gasteiger partial charge in [0.25, 0.3) is 0 Å². The fourth-order valence-corrected chi connectivity index (χ4v) is 2.58. The van der Waals surface area contributed by atoms with E-state index in [2.05, 4.69) is 33.8 Å². The third kappa shape index (κ3) is 6.24. The molecule has 1 aromatic carbocycles. The Balaban J connectivity index is 2.57. The molecule has 0 bridgehead atoms. The summed E-state index contributed by atoms with van der Waals surface area (Å²) in [6, 6.07) is 3.60. The summed E-state index contributed by atoms with van der Waals surface area (Å²) in [5.74, 6) is 1.08. The van der Waals surface area contributed by atoms with Gasteiger partial charge in [0.2, 0.25) is 0 Å². The minimum absolute atomic E-state index is 0.245. The van der Waals surface area contributed by atoms with Crippen molar-refractivity contribution >= 4 is 0 Å². The van der Waals surface area contributed by atoms with Gasteiger partial charge in [-0.05, 0) is 69.6 Å². The average Bonchev–Trinajstić information content (AvgIpc) is 2.37. The van der Waals surface area contributed by atoms with Crippen LogP contribution in [0.25, 0.3) is 0 Å². The molecule has 0 aliphatic carbocycles. The van der Waals surface area contributed by atoms with Gasteiger partial charge in [0.15, 0.2) is 0 Å². The van der Waals surface area contributed by atoms with Gasteiger partial charge in [0.05, 0.1) is 0 Å². The van der Waals surface area contributed by atoms with Crippen LogP contribution < -0.4 is 0 Å². The largest absolute Gasteiger partial charge is 0.508 e. The minimum Gasteiger partial charge on any atom is -0.508 e. The van der Waals surface area contributed by atoms with Crippen molar-refractivity contribution in [3.8, 4) is 11.5 Å². The van der Waals surface area contributed by atoms with Crippen molar-refractivity contribution in [1.82, 2.24) is 0 Å². The maximum absolute atomic E-state index is 10.1. The van der Waals surface area contributed by atoms with Gasteiger partial charge in [-0.3, -0.25) is 0 Å². The molecule has 2 nitrogen and oxygen atoms in total. The van der Waals surface area contributed by atoms with E-state index in [-0.39, 0.29) is 11.5 Å². The van der Waals surface area contributed by atoms with Crippen LogP contribution in [-0.4, -0.2) is 10.2 Å². The van der Waals surface area contributed by atoms with Crippen LogP contribution in [-0.2, 0) is 12.8 Å². The molecular weight excluding hydrogens is 260 g/mol. The first-order chi connectivity index (χ1) is 9.93. The highest BCUT2D eigenvalue weighted by Gasteiger charge is 2.11. The Labute approximate surface area is 129 Å². The van der Waals surface area contributed by atoms with Crippen molar-refractivity contribution in [2.45, 2.75) is 66.2 Å². The molecule has 1 rings (SSSR count). The fraction of sp³-hybridized carbons (Fsp3) is 0.579. The van der Waals surface area contributed by atoms with E-state index in [1.165, 1.54) is 5.57 Å². The Morgan fingerprint density at radius 1 is 1.10 bits per heavy atom. The summed E-state index contributed by atoms with van der Waals surface area (Å²) in [6.07, 6.45) is 8.16. The number of rotatable bonds is 8. The number of hydrogen-bond acceptors (Lipinski definition) is 2. The van der Waals surface area contributed by atoms with Crippen LogP contribution in [0, 0.1) is 5.92 Å². The highest BCUT2D eigenvalue weighted by molar-refractivity contribution is 5.46. The molecule has 0 aliphatic heterocycles. The Hall–Kier alpha value is -1.44. The van der Waals surface area contributed by atoms with Gasteiger partial charge in [-0.1, -0.05) is 31.9 Å². The smallest absolute Gasteiger partial charge is 0.122 e. The van der Waals surface area contributed by atoms with Gasteiger partial charge in [-0.15, -0.1) is 0 Å². The summed E-state index contributed by atoms with van der Waals surface area (Å²) in [5.41, 5.74) is 3.07. The first kappa shape index (κ1) is 17.6. The Kier molecular flexibility index (Phi) is 7.35. The average molecular weight is 290 g/mol. The summed E-state index contributed by atoms with van der Waals surface area (Å²) in [4.78, 5) is 0. The van der Waals surface area contributed by atoms with Crippen molar-refractivity contribution in [2.75, 3.05) is 0 Å². The molecule has 0 heterocycles. The zero-order valence-corrected chi connectivity index (χ0v) is 13.9. The zero-order valence-electron chi connectivity index (χ0n) is 13.9. The van der Waals surface area contributed by atoms with Gasteiger partial charge in [0, 0.05) is 5.56 Å². The van der Waals surface area contributed by atoms with Gasteiger partial charge < -0.3 is 10.2 Å². The van der Waals surface area contributed by atoms with E-state index in [0.717, 1.165) is 44.1 Å². The third-order valence-electron chi connectivity index (χ3n) is 3.90. The first-order valence-corrected chi connectivity index (χ1v) is 8.11. The lowest BCUT2D eigenvalue weighted by Crippen LogP contribution is -1.98. The molecule has 2 N–H and O–H groups in total. The van der Waals surface area contributed by atoms with Crippen LogP contribution >= 0.6 is 0 Å². The predicted octanol–water partition coefficient (Wildman–Crippen LogP) is 5.37. The molecule has 2 heteroatoms. The summed E-state index contributed by atoms with van der Waals surface area (Å²) < 4.78 is 0. The number of allylic oxidation sites excluding steroid dienone is 2. The molecule has 1 atom stereocenters. The first-order valence-electron chi connectivity index (χ1n) is 8.11. The van der Waals surface area contributed by atoms with Gasteiger partial charge >= 0.3 is 0 Å². The number of benzene rings is 1. The zero-order chi connectivity index (χ0) is 15.8. The molecule has 0 spiro atoms. The molecule has 21 heavy (non-hydrogen) atoms. The lowest BCUT2D eigenvalue weighted by Gasteiger charge is -2.13. The number of phenolic OH excluding ortho intramolecular Hbond substituents is 2. The van der Waals surface area contributed by atoms with Crippen molar-refractivity contribution in [2.24, 2.45) is 5.92 Å². The molecule has 0 fully saturated rings. The topological polar surface area (TPSA) is 40.5 Å². The molecule has 0 amide bonds. The molecule has 0 saturated heterocycles. The van der Waals surface area contributed by atoms with Crippen LogP contribution in [0.15, 0.2) is 23.8 Å². The Bertz CT molecular complexity index is 447. The van der Waals surface area contributed by atoms with E-state index in [4.69, 9.17) is 0 Å². The van der Waals surface area contributed by atoms with E-state index in [9.17, 15) is 10.2 Å². The molecule has 118 valence electrons. The highest BCUT2D eigenvalue weighted by Crippen LogP contribution is 2.31. The van der Waals surface area contributed by atoms with E-state index < -0.39 is 0 Å². The number of phenols is 2. The van der Waals surface area contributed by atoms with E-state index in [1.54, 1.807) is 12.1 Å². The normalized spacial score (nSPS) is 12.2. The Morgan fingerprint density at radius 2 is 1.71 bits per heavy atom. The number of aromatic hydroxyl groups is 2. The maximum Gasteiger partial charge on any atom is 0.122 e. The second-order valence-electron chi connectivity index (χ2n) is 6.37. The van der Waals surface area contributed by atoms with E-state index in [0.29, 0.717) is 11.5 Å². The molecular formula is C19H30O2. The molecule has 1 unspecified atom stereocenters. The summed E-state index contributed by atoms with van der Waals surface area (Å²) >= 11 is 0. The molecule has 0 aromatic heterocycles. The molecule has 0 saturated carbocycles. The van der Waals surface area contributed by atoms with E-state index >= 15 is 0 Å². The standard InChI is InChI=1S/C19H30O2/c1-5-7-16-12-18(20)17(19(21)13-16)11-10-15(4)9-6-8-14(2)3/h8,12-13,15,20-21H,5-7,9-11H2,1-4H3. The third-order valence-corrected chi connectivity index (χ3v) is 3.90. The highest BCUT2D eigenvalue weighted by atomic mass is 16.3.